The zero-order valence-electron chi connectivity index (χ0n) is 15.0. The van der Waals surface area contributed by atoms with Crippen molar-refractivity contribution in [1.82, 2.24) is 24.8 Å². The van der Waals surface area contributed by atoms with Gasteiger partial charge in [-0.1, -0.05) is 30.0 Å². The number of thioether (sulfide) groups is 1. The van der Waals surface area contributed by atoms with Crippen LogP contribution in [0.5, 0.6) is 0 Å². The Morgan fingerprint density at radius 2 is 2.07 bits per heavy atom. The van der Waals surface area contributed by atoms with E-state index < -0.39 is 0 Å². The van der Waals surface area contributed by atoms with Gasteiger partial charge < -0.3 is 10.7 Å². The molecule has 3 aromatic rings. The van der Waals surface area contributed by atoms with Crippen LogP contribution >= 0.6 is 11.8 Å². The maximum atomic E-state index is 14.0. The molecular formula is C19H19FN6OS. The van der Waals surface area contributed by atoms with Crippen LogP contribution in [0.25, 0.3) is 11.4 Å². The zero-order chi connectivity index (χ0) is 19.5. The van der Waals surface area contributed by atoms with Crippen LogP contribution in [0.4, 0.5) is 4.39 Å². The molecule has 1 fully saturated rings. The molecule has 0 radical (unpaired) electrons. The summed E-state index contributed by atoms with van der Waals surface area (Å²) in [6.07, 6.45) is 5.21. The Hall–Kier alpha value is -2.94. The molecule has 0 aliphatic heterocycles. The minimum atomic E-state index is -0.295. The molecule has 0 saturated heterocycles. The van der Waals surface area contributed by atoms with Crippen molar-refractivity contribution >= 4 is 17.7 Å². The predicted octanol–water partition coefficient (Wildman–Crippen LogP) is 2.48. The fourth-order valence-corrected chi connectivity index (χ4v) is 3.64. The van der Waals surface area contributed by atoms with E-state index in [-0.39, 0.29) is 30.1 Å². The van der Waals surface area contributed by atoms with Crippen LogP contribution in [0.3, 0.4) is 0 Å². The molecule has 0 unspecified atom stereocenters. The van der Waals surface area contributed by atoms with E-state index in [4.69, 9.17) is 5.84 Å². The van der Waals surface area contributed by atoms with Crippen molar-refractivity contribution < 1.29 is 9.18 Å². The SMILES string of the molecule is Nn1c(SCC(=O)N(Cc2ccccc2F)C2CC2)nnc1-c1cccnc1. The fraction of sp³-hybridized carbons (Fsp3) is 0.263. The van der Waals surface area contributed by atoms with Crippen LogP contribution in [0, 0.1) is 5.82 Å². The Morgan fingerprint density at radius 3 is 2.79 bits per heavy atom. The number of benzene rings is 1. The fourth-order valence-electron chi connectivity index (χ4n) is 2.89. The molecule has 1 aliphatic carbocycles. The van der Waals surface area contributed by atoms with Crippen molar-refractivity contribution in [3.63, 3.8) is 0 Å². The van der Waals surface area contributed by atoms with Gasteiger partial charge in [-0.2, -0.15) is 0 Å². The van der Waals surface area contributed by atoms with Crippen LogP contribution < -0.4 is 5.84 Å². The number of nitrogen functional groups attached to an aromatic ring is 1. The van der Waals surface area contributed by atoms with E-state index in [2.05, 4.69) is 15.2 Å². The molecule has 1 amide bonds. The van der Waals surface area contributed by atoms with Crippen molar-refractivity contribution in [2.24, 2.45) is 0 Å². The van der Waals surface area contributed by atoms with Gasteiger partial charge in [0.25, 0.3) is 0 Å². The average molecular weight is 398 g/mol. The number of pyridine rings is 1. The molecule has 7 nitrogen and oxygen atoms in total. The molecule has 1 saturated carbocycles. The highest BCUT2D eigenvalue weighted by atomic mass is 32.2. The first-order chi connectivity index (χ1) is 13.6. The molecule has 28 heavy (non-hydrogen) atoms. The van der Waals surface area contributed by atoms with Gasteiger partial charge in [-0.15, -0.1) is 10.2 Å². The number of rotatable bonds is 7. The smallest absolute Gasteiger partial charge is 0.233 e. The van der Waals surface area contributed by atoms with E-state index in [9.17, 15) is 9.18 Å². The second kappa shape index (κ2) is 7.97. The van der Waals surface area contributed by atoms with E-state index >= 15 is 0 Å². The van der Waals surface area contributed by atoms with Gasteiger partial charge in [0.05, 0.1) is 5.75 Å². The molecule has 9 heteroatoms. The lowest BCUT2D eigenvalue weighted by atomic mass is 10.2. The van der Waals surface area contributed by atoms with E-state index in [1.807, 2.05) is 6.07 Å². The van der Waals surface area contributed by atoms with Crippen LogP contribution in [-0.4, -0.2) is 42.5 Å². The monoisotopic (exact) mass is 398 g/mol. The normalized spacial score (nSPS) is 13.5. The molecule has 1 aliphatic rings. The molecular weight excluding hydrogens is 379 g/mol. The Morgan fingerprint density at radius 1 is 1.25 bits per heavy atom. The quantitative estimate of drug-likeness (QED) is 0.486. The van der Waals surface area contributed by atoms with Gasteiger partial charge in [0.2, 0.25) is 11.1 Å². The number of carbonyl (C=O) groups is 1. The second-order valence-electron chi connectivity index (χ2n) is 6.55. The Kier molecular flexibility index (Phi) is 5.25. The summed E-state index contributed by atoms with van der Waals surface area (Å²) in [5, 5.41) is 8.60. The highest BCUT2D eigenvalue weighted by molar-refractivity contribution is 7.99. The molecule has 144 valence electrons. The minimum Gasteiger partial charge on any atom is -0.335 e. The maximum absolute atomic E-state index is 14.0. The van der Waals surface area contributed by atoms with E-state index in [0.29, 0.717) is 16.5 Å². The Labute approximate surface area is 165 Å². The van der Waals surface area contributed by atoms with Gasteiger partial charge in [-0.25, -0.2) is 9.07 Å². The van der Waals surface area contributed by atoms with Crippen LogP contribution in [0.1, 0.15) is 18.4 Å². The van der Waals surface area contributed by atoms with Crippen molar-refractivity contribution in [2.45, 2.75) is 30.6 Å². The number of carbonyl (C=O) groups excluding carboxylic acids is 1. The number of halogens is 1. The molecule has 0 bridgehead atoms. The summed E-state index contributed by atoms with van der Waals surface area (Å²) in [7, 11) is 0. The first-order valence-electron chi connectivity index (χ1n) is 8.90. The number of hydrogen-bond acceptors (Lipinski definition) is 6. The summed E-state index contributed by atoms with van der Waals surface area (Å²) in [6.45, 7) is 0.271. The summed E-state index contributed by atoms with van der Waals surface area (Å²) < 4.78 is 15.3. The minimum absolute atomic E-state index is 0.0679. The lowest BCUT2D eigenvalue weighted by molar-refractivity contribution is -0.129. The third kappa shape index (κ3) is 3.99. The summed E-state index contributed by atoms with van der Waals surface area (Å²) in [5.41, 5.74) is 1.27. The number of hydrogen-bond donors (Lipinski definition) is 1. The number of nitrogens with two attached hydrogens (primary N) is 1. The first kappa shape index (κ1) is 18.4. The topological polar surface area (TPSA) is 89.9 Å². The van der Waals surface area contributed by atoms with Gasteiger partial charge in [0, 0.05) is 36.1 Å². The molecule has 0 spiro atoms. The van der Waals surface area contributed by atoms with Crippen LogP contribution in [-0.2, 0) is 11.3 Å². The lowest BCUT2D eigenvalue weighted by Gasteiger charge is -2.22. The third-order valence-corrected chi connectivity index (χ3v) is 5.44. The first-order valence-corrected chi connectivity index (χ1v) is 9.88. The zero-order valence-corrected chi connectivity index (χ0v) is 15.8. The summed E-state index contributed by atoms with van der Waals surface area (Å²) >= 11 is 1.22. The van der Waals surface area contributed by atoms with Gasteiger partial charge in [0.1, 0.15) is 5.82 Å². The summed E-state index contributed by atoms with van der Waals surface area (Å²) in [6, 6.07) is 10.3. The van der Waals surface area contributed by atoms with Crippen molar-refractivity contribution in [3.8, 4) is 11.4 Å². The molecule has 1 aromatic carbocycles. The van der Waals surface area contributed by atoms with Crippen molar-refractivity contribution in [3.05, 3.63) is 60.2 Å². The highest BCUT2D eigenvalue weighted by Crippen LogP contribution is 2.30. The molecule has 0 atom stereocenters. The predicted molar refractivity (Wildman–Crippen MR) is 104 cm³/mol. The van der Waals surface area contributed by atoms with Gasteiger partial charge in [-0.05, 0) is 31.0 Å². The number of nitrogens with zero attached hydrogens (tertiary/aromatic N) is 5. The van der Waals surface area contributed by atoms with Crippen molar-refractivity contribution in [1.29, 1.82) is 0 Å². The molecule has 2 heterocycles. The molecule has 2 N–H and O–H groups in total. The Bertz CT molecular complexity index is 976. The van der Waals surface area contributed by atoms with E-state index in [1.54, 1.807) is 41.6 Å². The largest absolute Gasteiger partial charge is 0.335 e. The number of aromatic nitrogens is 4. The molecule has 2 aromatic heterocycles. The van der Waals surface area contributed by atoms with Gasteiger partial charge >= 0.3 is 0 Å². The van der Waals surface area contributed by atoms with Crippen LogP contribution in [0.2, 0.25) is 0 Å². The van der Waals surface area contributed by atoms with Gasteiger partial charge in [-0.3, -0.25) is 9.78 Å². The van der Waals surface area contributed by atoms with Crippen molar-refractivity contribution in [2.75, 3.05) is 11.6 Å². The third-order valence-electron chi connectivity index (χ3n) is 4.52. The summed E-state index contributed by atoms with van der Waals surface area (Å²) in [4.78, 5) is 18.6. The molecule has 4 rings (SSSR count). The van der Waals surface area contributed by atoms with Gasteiger partial charge in [0.15, 0.2) is 5.82 Å². The van der Waals surface area contributed by atoms with E-state index in [0.717, 1.165) is 18.4 Å². The Balaban J connectivity index is 1.43. The second-order valence-corrected chi connectivity index (χ2v) is 7.49. The van der Waals surface area contributed by atoms with E-state index in [1.165, 1.54) is 22.5 Å². The maximum Gasteiger partial charge on any atom is 0.233 e. The number of amides is 1. The average Bonchev–Trinajstić information content (AvgIpc) is 3.49. The van der Waals surface area contributed by atoms with Crippen LogP contribution in [0.15, 0.2) is 53.9 Å². The highest BCUT2D eigenvalue weighted by Gasteiger charge is 2.33. The standard InChI is InChI=1S/C19H19FN6OS/c20-16-6-2-1-4-14(16)11-25(15-7-8-15)17(27)12-28-19-24-23-18(26(19)21)13-5-3-9-22-10-13/h1-6,9-10,15H,7-8,11-12,21H2. The lowest BCUT2D eigenvalue weighted by Crippen LogP contribution is -2.34. The summed E-state index contributed by atoms with van der Waals surface area (Å²) in [5.74, 6) is 6.36.